The number of aliphatic hydroxyl groups excluding tert-OH is 1. The summed E-state index contributed by atoms with van der Waals surface area (Å²) in [6, 6.07) is 19.1. The molecule has 0 spiro atoms. The van der Waals surface area contributed by atoms with Gasteiger partial charge in [-0.15, -0.1) is 0 Å². The minimum atomic E-state index is -0.755. The fraction of sp³-hybridized carbons (Fsp3) is 0.333. The van der Waals surface area contributed by atoms with Crippen molar-refractivity contribution in [3.8, 4) is 0 Å². The van der Waals surface area contributed by atoms with E-state index in [4.69, 9.17) is 14.2 Å². The fourth-order valence-electron chi connectivity index (χ4n) is 2.16. The van der Waals surface area contributed by atoms with Crippen molar-refractivity contribution in [1.82, 2.24) is 0 Å². The van der Waals surface area contributed by atoms with E-state index < -0.39 is 12.2 Å². The molecule has 1 N–H and O–H groups in total. The van der Waals surface area contributed by atoms with E-state index in [1.807, 2.05) is 60.7 Å². The maximum atomic E-state index is 10.6. The topological polar surface area (TPSA) is 47.9 Å². The van der Waals surface area contributed by atoms with Crippen LogP contribution in [0, 0.1) is 0 Å². The van der Waals surface area contributed by atoms with Gasteiger partial charge in [0.25, 0.3) is 0 Å². The summed E-state index contributed by atoms with van der Waals surface area (Å²) in [5, 5.41) is 10.6. The third-order valence-electron chi connectivity index (χ3n) is 3.32. The third-order valence-corrected chi connectivity index (χ3v) is 3.32. The second-order valence-corrected chi connectivity index (χ2v) is 4.87. The van der Waals surface area contributed by atoms with E-state index in [1.54, 1.807) is 7.11 Å². The molecule has 0 radical (unpaired) electrons. The highest BCUT2D eigenvalue weighted by molar-refractivity contribution is 5.24. The molecule has 22 heavy (non-hydrogen) atoms. The van der Waals surface area contributed by atoms with Crippen LogP contribution < -0.4 is 0 Å². The molecule has 2 rings (SSSR count). The van der Waals surface area contributed by atoms with Gasteiger partial charge in [-0.25, -0.2) is 0 Å². The van der Waals surface area contributed by atoms with Crippen molar-refractivity contribution in [3.63, 3.8) is 0 Å². The van der Waals surface area contributed by atoms with Gasteiger partial charge in [0.05, 0.1) is 13.2 Å². The Bertz CT molecular complexity index is 515. The zero-order valence-corrected chi connectivity index (χ0v) is 12.7. The quantitative estimate of drug-likeness (QED) is 0.571. The third kappa shape index (κ3) is 4.93. The van der Waals surface area contributed by atoms with Crippen molar-refractivity contribution < 1.29 is 19.3 Å². The molecule has 0 unspecified atom stereocenters. The van der Waals surface area contributed by atoms with Crippen LogP contribution >= 0.6 is 0 Å². The molecule has 0 bridgehead atoms. The molecule has 0 aliphatic heterocycles. The van der Waals surface area contributed by atoms with Crippen LogP contribution in [0.25, 0.3) is 0 Å². The molecule has 2 aromatic rings. The molecule has 0 saturated heterocycles. The smallest absolute Gasteiger partial charge is 0.147 e. The van der Waals surface area contributed by atoms with Crippen LogP contribution in [-0.2, 0) is 14.2 Å². The van der Waals surface area contributed by atoms with Crippen molar-refractivity contribution in [2.45, 2.75) is 12.2 Å². The maximum absolute atomic E-state index is 10.6. The SMILES string of the molecule is COCCOCO[C@@H](c1ccccc1)[C@H](O)c1ccccc1. The van der Waals surface area contributed by atoms with E-state index in [2.05, 4.69) is 0 Å². The van der Waals surface area contributed by atoms with Gasteiger partial charge in [0.1, 0.15) is 19.0 Å². The number of benzene rings is 2. The van der Waals surface area contributed by atoms with Gasteiger partial charge < -0.3 is 19.3 Å². The van der Waals surface area contributed by atoms with Crippen LogP contribution in [0.4, 0.5) is 0 Å². The average Bonchev–Trinajstić information content (AvgIpc) is 2.59. The summed E-state index contributed by atoms with van der Waals surface area (Å²) in [6.45, 7) is 1.08. The van der Waals surface area contributed by atoms with Gasteiger partial charge in [-0.05, 0) is 11.1 Å². The molecule has 4 heteroatoms. The summed E-state index contributed by atoms with van der Waals surface area (Å²) in [6.07, 6.45) is -1.24. The van der Waals surface area contributed by atoms with E-state index >= 15 is 0 Å². The van der Waals surface area contributed by atoms with Gasteiger partial charge >= 0.3 is 0 Å². The van der Waals surface area contributed by atoms with Crippen LogP contribution in [0.1, 0.15) is 23.3 Å². The first kappa shape index (κ1) is 16.6. The lowest BCUT2D eigenvalue weighted by Gasteiger charge is -2.24. The van der Waals surface area contributed by atoms with Gasteiger partial charge in [0.15, 0.2) is 0 Å². The van der Waals surface area contributed by atoms with E-state index in [0.29, 0.717) is 13.2 Å². The number of methoxy groups -OCH3 is 1. The number of hydrogen-bond acceptors (Lipinski definition) is 4. The summed E-state index contributed by atoms with van der Waals surface area (Å²) >= 11 is 0. The molecule has 0 aliphatic rings. The lowest BCUT2D eigenvalue weighted by molar-refractivity contribution is -0.132. The summed E-state index contributed by atoms with van der Waals surface area (Å²) in [5.41, 5.74) is 1.72. The van der Waals surface area contributed by atoms with E-state index in [1.165, 1.54) is 0 Å². The fourth-order valence-corrected chi connectivity index (χ4v) is 2.16. The zero-order valence-electron chi connectivity index (χ0n) is 12.7. The Morgan fingerprint density at radius 1 is 0.864 bits per heavy atom. The van der Waals surface area contributed by atoms with Gasteiger partial charge in [-0.2, -0.15) is 0 Å². The minimum absolute atomic E-state index is 0.104. The number of rotatable bonds is 9. The predicted octanol–water partition coefficient (Wildman–Crippen LogP) is 3.10. The normalized spacial score (nSPS) is 13.7. The second-order valence-electron chi connectivity index (χ2n) is 4.87. The minimum Gasteiger partial charge on any atom is -0.385 e. The Morgan fingerprint density at radius 3 is 2.05 bits per heavy atom. The van der Waals surface area contributed by atoms with Crippen molar-refractivity contribution in [1.29, 1.82) is 0 Å². The highest BCUT2D eigenvalue weighted by atomic mass is 16.7. The molecule has 0 heterocycles. The summed E-state index contributed by atoms with van der Waals surface area (Å²) in [4.78, 5) is 0. The van der Waals surface area contributed by atoms with Crippen molar-refractivity contribution in [3.05, 3.63) is 71.8 Å². The standard InChI is InChI=1S/C18H22O4/c1-20-12-13-21-14-22-18(16-10-6-3-7-11-16)17(19)15-8-4-2-5-9-15/h2-11,17-19H,12-14H2,1H3/t17-,18+/m1/s1. The Morgan fingerprint density at radius 2 is 1.45 bits per heavy atom. The molecule has 118 valence electrons. The maximum Gasteiger partial charge on any atom is 0.147 e. The lowest BCUT2D eigenvalue weighted by Crippen LogP contribution is -2.17. The first-order chi connectivity index (χ1) is 10.8. The van der Waals surface area contributed by atoms with Crippen LogP contribution in [0.3, 0.4) is 0 Å². The molecule has 2 atom stereocenters. The van der Waals surface area contributed by atoms with Gasteiger partial charge in [0.2, 0.25) is 0 Å². The summed E-state index contributed by atoms with van der Waals surface area (Å²) in [5.74, 6) is 0. The molecule has 2 aromatic carbocycles. The van der Waals surface area contributed by atoms with Crippen molar-refractivity contribution in [2.75, 3.05) is 27.1 Å². The van der Waals surface area contributed by atoms with Gasteiger partial charge in [-0.3, -0.25) is 0 Å². The summed E-state index contributed by atoms with van der Waals surface area (Å²) < 4.78 is 16.0. The number of hydrogen-bond donors (Lipinski definition) is 1. The molecule has 0 fully saturated rings. The van der Waals surface area contributed by atoms with E-state index in [9.17, 15) is 5.11 Å². The average molecular weight is 302 g/mol. The van der Waals surface area contributed by atoms with Crippen LogP contribution in [-0.4, -0.2) is 32.2 Å². The number of aliphatic hydroxyl groups is 1. The molecule has 0 saturated carbocycles. The van der Waals surface area contributed by atoms with Crippen LogP contribution in [0.15, 0.2) is 60.7 Å². The van der Waals surface area contributed by atoms with E-state index in [0.717, 1.165) is 11.1 Å². The monoisotopic (exact) mass is 302 g/mol. The highest BCUT2D eigenvalue weighted by Crippen LogP contribution is 2.31. The molecule has 4 nitrogen and oxygen atoms in total. The Kier molecular flexibility index (Phi) is 7.06. The van der Waals surface area contributed by atoms with Crippen LogP contribution in [0.5, 0.6) is 0 Å². The molecular weight excluding hydrogens is 280 g/mol. The van der Waals surface area contributed by atoms with Gasteiger partial charge in [0, 0.05) is 7.11 Å². The highest BCUT2D eigenvalue weighted by Gasteiger charge is 2.23. The predicted molar refractivity (Wildman–Crippen MR) is 84.4 cm³/mol. The second kappa shape index (κ2) is 9.33. The first-order valence-corrected chi connectivity index (χ1v) is 7.29. The first-order valence-electron chi connectivity index (χ1n) is 7.29. The summed E-state index contributed by atoms with van der Waals surface area (Å²) in [7, 11) is 1.62. The Labute approximate surface area is 131 Å². The zero-order chi connectivity index (χ0) is 15.6. The largest absolute Gasteiger partial charge is 0.385 e. The number of ether oxygens (including phenoxy) is 3. The lowest BCUT2D eigenvalue weighted by atomic mass is 9.98. The van der Waals surface area contributed by atoms with E-state index in [-0.39, 0.29) is 6.79 Å². The van der Waals surface area contributed by atoms with Crippen molar-refractivity contribution >= 4 is 0 Å². The Balaban J connectivity index is 2.05. The molecule has 0 amide bonds. The molecular formula is C18H22O4. The van der Waals surface area contributed by atoms with Crippen LogP contribution in [0.2, 0.25) is 0 Å². The van der Waals surface area contributed by atoms with Crippen molar-refractivity contribution in [2.24, 2.45) is 0 Å². The molecule has 0 aromatic heterocycles. The molecule has 0 aliphatic carbocycles. The Hall–Kier alpha value is -1.72. The van der Waals surface area contributed by atoms with Gasteiger partial charge in [-0.1, -0.05) is 60.7 Å².